The number of rotatable bonds is 4. The number of halogens is 4. The topological polar surface area (TPSA) is 40.1 Å². The Hall–Kier alpha value is -1.87. The van der Waals surface area contributed by atoms with Crippen LogP contribution in [0.15, 0.2) is 29.3 Å². The monoisotopic (exact) mass is 416 g/mol. The van der Waals surface area contributed by atoms with Gasteiger partial charge in [-0.3, -0.25) is 9.89 Å². The first kappa shape index (κ1) is 21.8. The van der Waals surface area contributed by atoms with Crippen LogP contribution in [-0.2, 0) is 4.74 Å². The Labute approximate surface area is 168 Å². The second kappa shape index (κ2) is 9.30. The van der Waals surface area contributed by atoms with Gasteiger partial charge in [0.1, 0.15) is 11.9 Å². The molecule has 9 heteroatoms. The molecule has 2 fully saturated rings. The molecular formula is C20H28F4N4O. The van der Waals surface area contributed by atoms with Crippen LogP contribution in [0.4, 0.5) is 17.6 Å². The molecule has 0 aliphatic carbocycles. The van der Waals surface area contributed by atoms with E-state index in [-0.39, 0.29) is 24.1 Å². The van der Waals surface area contributed by atoms with E-state index in [9.17, 15) is 17.6 Å². The number of aliphatic imine (C=N–C) groups is 1. The van der Waals surface area contributed by atoms with Crippen molar-refractivity contribution in [3.63, 3.8) is 0 Å². The zero-order valence-corrected chi connectivity index (χ0v) is 16.8. The number of guanidine groups is 1. The molecule has 1 N–H and O–H groups in total. The molecule has 0 aromatic heterocycles. The number of nitrogens with one attached hydrogen (secondary N) is 1. The molecule has 3 rings (SSSR count). The van der Waals surface area contributed by atoms with Crippen LogP contribution in [0.5, 0.6) is 0 Å². The SMILES string of the molecule is CCN=C(NC1CCN(CC(F)(F)F)C1)N1CC(C)OC(c2ccc(F)cc2)C1. The molecule has 1 aromatic rings. The summed E-state index contributed by atoms with van der Waals surface area (Å²) in [6.07, 6.45) is -3.83. The average Bonchev–Trinajstić information content (AvgIpc) is 3.06. The number of benzene rings is 1. The van der Waals surface area contributed by atoms with Crippen molar-refractivity contribution in [3.05, 3.63) is 35.6 Å². The van der Waals surface area contributed by atoms with Crippen LogP contribution in [0.3, 0.4) is 0 Å². The van der Waals surface area contributed by atoms with Crippen molar-refractivity contribution in [2.75, 3.05) is 39.3 Å². The van der Waals surface area contributed by atoms with Gasteiger partial charge in [0.25, 0.3) is 0 Å². The Morgan fingerprint density at radius 3 is 2.59 bits per heavy atom. The minimum atomic E-state index is -4.18. The maximum Gasteiger partial charge on any atom is 0.401 e. The largest absolute Gasteiger partial charge is 0.401 e. The molecule has 162 valence electrons. The molecule has 2 aliphatic rings. The van der Waals surface area contributed by atoms with Gasteiger partial charge in [0.15, 0.2) is 5.96 Å². The van der Waals surface area contributed by atoms with E-state index in [0.717, 1.165) is 5.56 Å². The highest BCUT2D eigenvalue weighted by Gasteiger charge is 2.35. The van der Waals surface area contributed by atoms with Crippen LogP contribution >= 0.6 is 0 Å². The summed E-state index contributed by atoms with van der Waals surface area (Å²) in [6, 6.07) is 6.17. The minimum absolute atomic E-state index is 0.0621. The van der Waals surface area contributed by atoms with Crippen LogP contribution in [0.2, 0.25) is 0 Å². The molecule has 0 amide bonds. The molecule has 29 heavy (non-hydrogen) atoms. The van der Waals surface area contributed by atoms with Gasteiger partial charge < -0.3 is 15.0 Å². The lowest BCUT2D eigenvalue weighted by Crippen LogP contribution is -2.53. The summed E-state index contributed by atoms with van der Waals surface area (Å²) in [4.78, 5) is 8.07. The molecule has 3 atom stereocenters. The lowest BCUT2D eigenvalue weighted by Gasteiger charge is -2.39. The van der Waals surface area contributed by atoms with E-state index in [0.29, 0.717) is 45.1 Å². The number of morpholine rings is 1. The Balaban J connectivity index is 1.65. The normalized spacial score (nSPS) is 26.8. The molecule has 2 saturated heterocycles. The minimum Gasteiger partial charge on any atom is -0.367 e. The number of alkyl halides is 3. The predicted molar refractivity (Wildman–Crippen MR) is 103 cm³/mol. The second-order valence-electron chi connectivity index (χ2n) is 7.67. The average molecular weight is 416 g/mol. The summed E-state index contributed by atoms with van der Waals surface area (Å²) >= 11 is 0. The fourth-order valence-corrected chi connectivity index (χ4v) is 3.90. The number of hydrogen-bond acceptors (Lipinski definition) is 3. The van der Waals surface area contributed by atoms with Gasteiger partial charge in [-0.25, -0.2) is 4.39 Å². The van der Waals surface area contributed by atoms with E-state index >= 15 is 0 Å². The van der Waals surface area contributed by atoms with Crippen molar-refractivity contribution in [2.24, 2.45) is 4.99 Å². The van der Waals surface area contributed by atoms with Gasteiger partial charge in [-0.1, -0.05) is 12.1 Å². The number of nitrogens with zero attached hydrogens (tertiary/aromatic N) is 3. The Morgan fingerprint density at radius 2 is 1.93 bits per heavy atom. The van der Waals surface area contributed by atoms with Crippen molar-refractivity contribution in [3.8, 4) is 0 Å². The zero-order chi connectivity index (χ0) is 21.0. The lowest BCUT2D eigenvalue weighted by atomic mass is 10.1. The van der Waals surface area contributed by atoms with Gasteiger partial charge in [0.05, 0.1) is 19.2 Å². The Kier molecular flexibility index (Phi) is 7.00. The molecule has 1 aromatic carbocycles. The molecule has 0 radical (unpaired) electrons. The summed E-state index contributed by atoms with van der Waals surface area (Å²) < 4.78 is 57.2. The van der Waals surface area contributed by atoms with Crippen molar-refractivity contribution in [2.45, 2.75) is 44.7 Å². The lowest BCUT2D eigenvalue weighted by molar-refractivity contribution is -0.143. The number of hydrogen-bond donors (Lipinski definition) is 1. The maximum atomic E-state index is 13.2. The standard InChI is InChI=1S/C20H28F4N4O/c1-3-25-19(26-17-8-9-27(11-17)13-20(22,23)24)28-10-14(2)29-18(12-28)15-4-6-16(21)7-5-15/h4-7,14,17-18H,3,8-13H2,1-2H3,(H,25,26). The van der Waals surface area contributed by atoms with Crippen LogP contribution in [0.25, 0.3) is 0 Å². The van der Waals surface area contributed by atoms with Gasteiger partial charge in [-0.05, 0) is 38.0 Å². The number of ether oxygens (including phenoxy) is 1. The summed E-state index contributed by atoms with van der Waals surface area (Å²) in [5, 5.41) is 3.36. The summed E-state index contributed by atoms with van der Waals surface area (Å²) in [7, 11) is 0. The van der Waals surface area contributed by atoms with E-state index in [1.165, 1.54) is 17.0 Å². The molecule has 0 saturated carbocycles. The zero-order valence-electron chi connectivity index (χ0n) is 16.8. The number of likely N-dealkylation sites (tertiary alicyclic amines) is 1. The first-order valence-corrected chi connectivity index (χ1v) is 9.99. The summed E-state index contributed by atoms with van der Waals surface area (Å²) in [5.74, 6) is 0.391. The Morgan fingerprint density at radius 1 is 1.21 bits per heavy atom. The summed E-state index contributed by atoms with van der Waals surface area (Å²) in [6.45, 7) is 5.49. The van der Waals surface area contributed by atoms with Crippen LogP contribution in [0.1, 0.15) is 31.9 Å². The smallest absolute Gasteiger partial charge is 0.367 e. The van der Waals surface area contributed by atoms with Gasteiger partial charge in [0, 0.05) is 32.2 Å². The van der Waals surface area contributed by atoms with Gasteiger partial charge >= 0.3 is 6.18 Å². The van der Waals surface area contributed by atoms with Crippen molar-refractivity contribution < 1.29 is 22.3 Å². The van der Waals surface area contributed by atoms with E-state index in [1.54, 1.807) is 12.1 Å². The van der Waals surface area contributed by atoms with E-state index in [4.69, 9.17) is 4.74 Å². The second-order valence-corrected chi connectivity index (χ2v) is 7.67. The first-order valence-electron chi connectivity index (χ1n) is 9.99. The van der Waals surface area contributed by atoms with Crippen molar-refractivity contribution in [1.29, 1.82) is 0 Å². The van der Waals surface area contributed by atoms with Crippen LogP contribution in [-0.4, -0.2) is 73.4 Å². The quantitative estimate of drug-likeness (QED) is 0.465. The molecule has 0 bridgehead atoms. The van der Waals surface area contributed by atoms with Gasteiger partial charge in [-0.2, -0.15) is 13.2 Å². The van der Waals surface area contributed by atoms with Crippen LogP contribution < -0.4 is 5.32 Å². The highest BCUT2D eigenvalue weighted by molar-refractivity contribution is 5.80. The maximum absolute atomic E-state index is 13.2. The summed E-state index contributed by atoms with van der Waals surface area (Å²) in [5.41, 5.74) is 0.885. The third kappa shape index (κ3) is 6.30. The van der Waals surface area contributed by atoms with Gasteiger partial charge in [-0.15, -0.1) is 0 Å². The van der Waals surface area contributed by atoms with Crippen LogP contribution in [0, 0.1) is 5.82 Å². The highest BCUT2D eigenvalue weighted by atomic mass is 19.4. The van der Waals surface area contributed by atoms with Crippen molar-refractivity contribution >= 4 is 5.96 Å². The third-order valence-corrected chi connectivity index (χ3v) is 5.12. The van der Waals surface area contributed by atoms with E-state index in [2.05, 4.69) is 15.2 Å². The molecular weight excluding hydrogens is 388 g/mol. The molecule has 5 nitrogen and oxygen atoms in total. The van der Waals surface area contributed by atoms with E-state index < -0.39 is 12.7 Å². The fourth-order valence-electron chi connectivity index (χ4n) is 3.90. The van der Waals surface area contributed by atoms with Gasteiger partial charge in [0.2, 0.25) is 0 Å². The molecule has 0 spiro atoms. The van der Waals surface area contributed by atoms with Crippen molar-refractivity contribution in [1.82, 2.24) is 15.1 Å². The third-order valence-electron chi connectivity index (χ3n) is 5.12. The molecule has 2 heterocycles. The molecule has 3 unspecified atom stereocenters. The Bertz CT molecular complexity index is 695. The predicted octanol–water partition coefficient (Wildman–Crippen LogP) is 3.19. The van der Waals surface area contributed by atoms with E-state index in [1.807, 2.05) is 13.8 Å². The highest BCUT2D eigenvalue weighted by Crippen LogP contribution is 2.26. The first-order chi connectivity index (χ1) is 13.7. The molecule has 2 aliphatic heterocycles. The fraction of sp³-hybridized carbons (Fsp3) is 0.650.